The molecular weight excluding hydrogens is 358 g/mol. The summed E-state index contributed by atoms with van der Waals surface area (Å²) in [6.45, 7) is 3.63. The Morgan fingerprint density at radius 2 is 1.50 bits per heavy atom. The van der Waals surface area contributed by atoms with Crippen molar-refractivity contribution < 1.29 is 18.3 Å². The number of ether oxygens (including phenoxy) is 1. The van der Waals surface area contributed by atoms with Crippen molar-refractivity contribution in [3.05, 3.63) is 29.3 Å². The summed E-state index contributed by atoms with van der Waals surface area (Å²) in [5.41, 5.74) is -0.0512. The summed E-state index contributed by atoms with van der Waals surface area (Å²) in [6.07, 6.45) is 13.3. The molecule has 0 saturated heterocycles. The number of unbranched alkanes of at least 4 members (excludes halogenated alkanes) is 1. The number of halogens is 2. The molecule has 0 heterocycles. The summed E-state index contributed by atoms with van der Waals surface area (Å²) in [7, 11) is 0. The van der Waals surface area contributed by atoms with Crippen LogP contribution in [-0.2, 0) is 4.79 Å². The number of carbonyl (C=O) groups excluding carboxylic acids is 1. The summed E-state index contributed by atoms with van der Waals surface area (Å²) in [5.74, 6) is 0.590. The number of esters is 1. The maximum atomic E-state index is 13.7. The Morgan fingerprint density at radius 3 is 2.04 bits per heavy atom. The zero-order valence-electron chi connectivity index (χ0n) is 17.3. The predicted octanol–water partition coefficient (Wildman–Crippen LogP) is 6.98. The second-order valence-corrected chi connectivity index (χ2v) is 8.97. The molecule has 0 unspecified atom stereocenters. The van der Waals surface area contributed by atoms with Crippen LogP contribution in [0.1, 0.15) is 83.1 Å². The van der Waals surface area contributed by atoms with Gasteiger partial charge in [-0.3, -0.25) is 4.79 Å². The van der Waals surface area contributed by atoms with E-state index in [1.807, 2.05) is 0 Å². The van der Waals surface area contributed by atoms with Crippen LogP contribution in [0.25, 0.3) is 0 Å². The van der Waals surface area contributed by atoms with Gasteiger partial charge in [0.1, 0.15) is 17.4 Å². The van der Waals surface area contributed by atoms with Gasteiger partial charge in [-0.1, -0.05) is 39.0 Å². The fourth-order valence-electron chi connectivity index (χ4n) is 5.15. The molecule has 1 aromatic rings. The van der Waals surface area contributed by atoms with E-state index in [0.717, 1.165) is 55.6 Å². The molecule has 0 N–H and O–H groups in total. The largest absolute Gasteiger partial charge is 0.426 e. The van der Waals surface area contributed by atoms with Crippen LogP contribution in [0.2, 0.25) is 0 Å². The zero-order chi connectivity index (χ0) is 20.1. The molecule has 28 heavy (non-hydrogen) atoms. The van der Waals surface area contributed by atoms with Crippen molar-refractivity contribution in [3.8, 4) is 5.75 Å². The van der Waals surface area contributed by atoms with Crippen LogP contribution in [0.15, 0.2) is 12.1 Å². The normalized spacial score (nSPS) is 28.1. The van der Waals surface area contributed by atoms with E-state index in [1.54, 1.807) is 0 Å². The number of carbonyl (C=O) groups is 1. The van der Waals surface area contributed by atoms with E-state index < -0.39 is 11.6 Å². The molecule has 2 saturated carbocycles. The molecule has 2 nitrogen and oxygen atoms in total. The first-order valence-electron chi connectivity index (χ1n) is 11.1. The SMILES string of the molecule is CCCCC1CCC(C2CCC(C(=O)Oc3cc(F)c(C)c(F)c3)CC2)CC1. The first kappa shape index (κ1) is 21.3. The molecule has 0 amide bonds. The molecule has 0 spiro atoms. The Balaban J connectivity index is 1.44. The highest BCUT2D eigenvalue weighted by Crippen LogP contribution is 2.42. The van der Waals surface area contributed by atoms with Gasteiger partial charge in [0, 0.05) is 17.7 Å². The van der Waals surface area contributed by atoms with E-state index >= 15 is 0 Å². The van der Waals surface area contributed by atoms with Gasteiger partial charge in [0.2, 0.25) is 0 Å². The van der Waals surface area contributed by atoms with Gasteiger partial charge < -0.3 is 4.74 Å². The van der Waals surface area contributed by atoms with Crippen molar-refractivity contribution in [2.75, 3.05) is 0 Å². The zero-order valence-corrected chi connectivity index (χ0v) is 17.3. The fraction of sp³-hybridized carbons (Fsp3) is 0.708. The third-order valence-electron chi connectivity index (χ3n) is 7.10. The van der Waals surface area contributed by atoms with E-state index in [2.05, 4.69) is 6.92 Å². The lowest BCUT2D eigenvalue weighted by Gasteiger charge is -2.37. The molecule has 0 atom stereocenters. The second-order valence-electron chi connectivity index (χ2n) is 8.97. The quantitative estimate of drug-likeness (QED) is 0.385. The molecule has 3 rings (SSSR count). The minimum absolute atomic E-state index is 0.0295. The molecule has 0 aliphatic heterocycles. The first-order valence-corrected chi connectivity index (χ1v) is 11.1. The van der Waals surface area contributed by atoms with E-state index in [9.17, 15) is 13.6 Å². The lowest BCUT2D eigenvalue weighted by molar-refractivity contribution is -0.140. The van der Waals surface area contributed by atoms with E-state index in [0.29, 0.717) is 0 Å². The van der Waals surface area contributed by atoms with Gasteiger partial charge in [-0.2, -0.15) is 0 Å². The molecule has 4 heteroatoms. The Morgan fingerprint density at radius 1 is 0.964 bits per heavy atom. The number of hydrogen-bond acceptors (Lipinski definition) is 2. The minimum atomic E-state index is -0.680. The van der Waals surface area contributed by atoms with Gasteiger partial charge in [-0.15, -0.1) is 0 Å². The summed E-state index contributed by atoms with van der Waals surface area (Å²) < 4.78 is 32.6. The van der Waals surface area contributed by atoms with Crippen LogP contribution in [0.4, 0.5) is 8.78 Å². The minimum Gasteiger partial charge on any atom is -0.426 e. The summed E-state index contributed by atoms with van der Waals surface area (Å²) in [6, 6.07) is 2.19. The highest BCUT2D eigenvalue weighted by atomic mass is 19.1. The molecule has 156 valence electrons. The summed E-state index contributed by atoms with van der Waals surface area (Å²) >= 11 is 0. The van der Waals surface area contributed by atoms with Gasteiger partial charge in [0.05, 0.1) is 5.92 Å². The van der Waals surface area contributed by atoms with Crippen molar-refractivity contribution in [1.82, 2.24) is 0 Å². The molecular formula is C24H34F2O2. The highest BCUT2D eigenvalue weighted by Gasteiger charge is 2.33. The average molecular weight is 393 g/mol. The third-order valence-corrected chi connectivity index (χ3v) is 7.10. The lowest BCUT2D eigenvalue weighted by Crippen LogP contribution is -2.30. The predicted molar refractivity (Wildman–Crippen MR) is 107 cm³/mol. The topological polar surface area (TPSA) is 26.3 Å². The summed E-state index contributed by atoms with van der Waals surface area (Å²) in [4.78, 5) is 12.4. The van der Waals surface area contributed by atoms with Crippen LogP contribution >= 0.6 is 0 Å². The maximum absolute atomic E-state index is 13.7. The van der Waals surface area contributed by atoms with E-state index in [4.69, 9.17) is 4.74 Å². The molecule has 0 aromatic heterocycles. The maximum Gasteiger partial charge on any atom is 0.314 e. The Kier molecular flexibility index (Phi) is 7.48. The monoisotopic (exact) mass is 392 g/mol. The molecule has 0 bridgehead atoms. The van der Waals surface area contributed by atoms with Crippen LogP contribution < -0.4 is 4.74 Å². The Bertz CT molecular complexity index is 634. The lowest BCUT2D eigenvalue weighted by atomic mass is 9.68. The number of benzene rings is 1. The molecule has 2 aliphatic carbocycles. The number of rotatable bonds is 6. The highest BCUT2D eigenvalue weighted by molar-refractivity contribution is 5.75. The van der Waals surface area contributed by atoms with Gasteiger partial charge in [0.25, 0.3) is 0 Å². The van der Waals surface area contributed by atoms with Gasteiger partial charge >= 0.3 is 5.97 Å². The van der Waals surface area contributed by atoms with Crippen molar-refractivity contribution in [3.63, 3.8) is 0 Å². The Hall–Kier alpha value is -1.45. The molecule has 2 fully saturated rings. The molecule has 2 aliphatic rings. The second kappa shape index (κ2) is 9.84. The number of hydrogen-bond donors (Lipinski definition) is 0. The van der Waals surface area contributed by atoms with Crippen molar-refractivity contribution in [2.45, 2.75) is 84.5 Å². The van der Waals surface area contributed by atoms with Crippen molar-refractivity contribution in [2.24, 2.45) is 23.7 Å². The summed E-state index contributed by atoms with van der Waals surface area (Å²) in [5, 5.41) is 0. The van der Waals surface area contributed by atoms with E-state index in [-0.39, 0.29) is 23.2 Å². The van der Waals surface area contributed by atoms with Gasteiger partial charge in [0.15, 0.2) is 0 Å². The molecule has 0 radical (unpaired) electrons. The third kappa shape index (κ3) is 5.33. The van der Waals surface area contributed by atoms with Gasteiger partial charge in [-0.05, 0) is 63.2 Å². The molecule has 1 aromatic carbocycles. The Labute approximate surface area is 168 Å². The van der Waals surface area contributed by atoms with Crippen LogP contribution in [-0.4, -0.2) is 5.97 Å². The smallest absolute Gasteiger partial charge is 0.314 e. The standard InChI is InChI=1S/C24H34F2O2/c1-3-4-5-17-6-8-18(9-7-17)19-10-12-20(13-11-19)24(27)28-21-14-22(25)16(2)23(26)15-21/h14-15,17-20H,3-13H2,1-2H3. The van der Waals surface area contributed by atoms with Crippen LogP contribution in [0.3, 0.4) is 0 Å². The van der Waals surface area contributed by atoms with E-state index in [1.165, 1.54) is 51.9 Å². The van der Waals surface area contributed by atoms with Crippen LogP contribution in [0, 0.1) is 42.2 Å². The van der Waals surface area contributed by atoms with Gasteiger partial charge in [-0.25, -0.2) is 8.78 Å². The first-order chi connectivity index (χ1) is 13.5. The van der Waals surface area contributed by atoms with Crippen molar-refractivity contribution in [1.29, 1.82) is 0 Å². The average Bonchev–Trinajstić information content (AvgIpc) is 2.71. The van der Waals surface area contributed by atoms with Crippen molar-refractivity contribution >= 4 is 5.97 Å². The fourth-order valence-corrected chi connectivity index (χ4v) is 5.15. The van der Waals surface area contributed by atoms with Crippen LogP contribution in [0.5, 0.6) is 5.75 Å².